The number of fused-ring (bicyclic) bond motifs is 1. The first-order chi connectivity index (χ1) is 18.6. The predicted octanol–water partition coefficient (Wildman–Crippen LogP) is 5.53. The first kappa shape index (κ1) is 27.7. The molecular formula is C30H36N2O5S. The molecule has 0 N–H and O–H groups in total. The molecule has 4 rings (SSSR count). The molecule has 2 amide bonds. The summed E-state index contributed by atoms with van der Waals surface area (Å²) in [5.74, 6) is 1.09. The molecule has 1 aliphatic rings. The Labute approximate surface area is 228 Å². The molecule has 7 nitrogen and oxygen atoms in total. The summed E-state index contributed by atoms with van der Waals surface area (Å²) in [4.78, 5) is 31.6. The van der Waals surface area contributed by atoms with Gasteiger partial charge in [-0.1, -0.05) is 44.0 Å². The number of nitrogens with zero attached hydrogens (tertiary/aromatic N) is 2. The molecular weight excluding hydrogens is 500 g/mol. The van der Waals surface area contributed by atoms with E-state index in [0.717, 1.165) is 23.3 Å². The van der Waals surface area contributed by atoms with Crippen LogP contribution in [0.1, 0.15) is 52.5 Å². The normalized spacial score (nSPS) is 11.9. The van der Waals surface area contributed by atoms with Crippen LogP contribution in [0.15, 0.2) is 60.0 Å². The van der Waals surface area contributed by atoms with Gasteiger partial charge in [-0.05, 0) is 59.7 Å². The standard InChI is InChI=1S/C30H36N2O5S/c1-3-4-5-7-23-9-12-25(13-10-23)30(34)31(15-16-35-2)21-29(33)32(20-26-8-6-17-38-26)19-24-11-14-27-28(18-24)37-22-36-27/h6,8-14,17-18H,3-5,7,15-16,19-22H2,1-2H3. The van der Waals surface area contributed by atoms with Gasteiger partial charge in [-0.2, -0.15) is 0 Å². The van der Waals surface area contributed by atoms with Crippen LogP contribution in [0.3, 0.4) is 0 Å². The van der Waals surface area contributed by atoms with Crippen LogP contribution in [0.2, 0.25) is 0 Å². The summed E-state index contributed by atoms with van der Waals surface area (Å²) < 4.78 is 16.2. The summed E-state index contributed by atoms with van der Waals surface area (Å²) in [6.45, 7) is 3.89. The van der Waals surface area contributed by atoms with Crippen LogP contribution in [0, 0.1) is 0 Å². The van der Waals surface area contributed by atoms with Crippen LogP contribution >= 0.6 is 11.3 Å². The zero-order chi connectivity index (χ0) is 26.7. The first-order valence-electron chi connectivity index (χ1n) is 13.1. The molecule has 8 heteroatoms. The van der Waals surface area contributed by atoms with Gasteiger partial charge in [0.25, 0.3) is 5.91 Å². The molecule has 3 aromatic rings. The fourth-order valence-electron chi connectivity index (χ4n) is 4.38. The lowest BCUT2D eigenvalue weighted by Crippen LogP contribution is -2.43. The number of thiophene rings is 1. The Morgan fingerprint density at radius 1 is 0.947 bits per heavy atom. The fraction of sp³-hybridized carbons (Fsp3) is 0.400. The number of methoxy groups -OCH3 is 1. The Morgan fingerprint density at radius 3 is 2.47 bits per heavy atom. The van der Waals surface area contributed by atoms with Crippen LogP contribution in [0.25, 0.3) is 0 Å². The van der Waals surface area contributed by atoms with Gasteiger partial charge in [-0.25, -0.2) is 0 Å². The average molecular weight is 537 g/mol. The van der Waals surface area contributed by atoms with Crippen molar-refractivity contribution in [1.82, 2.24) is 9.80 Å². The van der Waals surface area contributed by atoms with Gasteiger partial charge in [0.05, 0.1) is 13.2 Å². The summed E-state index contributed by atoms with van der Waals surface area (Å²) in [5, 5.41) is 2.00. The maximum Gasteiger partial charge on any atom is 0.254 e. The molecule has 2 heterocycles. The highest BCUT2D eigenvalue weighted by molar-refractivity contribution is 7.09. The number of aryl methyl sites for hydroxylation is 1. The third-order valence-corrected chi connectivity index (χ3v) is 7.40. The number of carbonyl (C=O) groups is 2. The second-order valence-electron chi connectivity index (χ2n) is 9.39. The van der Waals surface area contributed by atoms with Gasteiger partial charge >= 0.3 is 0 Å². The van der Waals surface area contributed by atoms with Crippen LogP contribution in [-0.4, -0.2) is 55.2 Å². The zero-order valence-electron chi connectivity index (χ0n) is 22.2. The van der Waals surface area contributed by atoms with E-state index >= 15 is 0 Å². The van der Waals surface area contributed by atoms with Gasteiger partial charge in [-0.3, -0.25) is 9.59 Å². The van der Waals surface area contributed by atoms with E-state index < -0.39 is 0 Å². The van der Waals surface area contributed by atoms with Crippen molar-refractivity contribution in [3.63, 3.8) is 0 Å². The van der Waals surface area contributed by atoms with E-state index in [4.69, 9.17) is 14.2 Å². The summed E-state index contributed by atoms with van der Waals surface area (Å²) in [5.41, 5.74) is 2.74. The highest BCUT2D eigenvalue weighted by Gasteiger charge is 2.24. The van der Waals surface area contributed by atoms with Crippen molar-refractivity contribution in [2.24, 2.45) is 0 Å². The van der Waals surface area contributed by atoms with Gasteiger partial charge < -0.3 is 24.0 Å². The molecule has 202 valence electrons. The van der Waals surface area contributed by atoms with Crippen molar-refractivity contribution < 1.29 is 23.8 Å². The van der Waals surface area contributed by atoms with E-state index in [0.29, 0.717) is 43.3 Å². The number of hydrogen-bond acceptors (Lipinski definition) is 6. The Morgan fingerprint density at radius 2 is 1.74 bits per heavy atom. The van der Waals surface area contributed by atoms with E-state index in [-0.39, 0.29) is 25.2 Å². The van der Waals surface area contributed by atoms with Crippen LogP contribution in [0.4, 0.5) is 0 Å². The molecule has 0 saturated heterocycles. The molecule has 38 heavy (non-hydrogen) atoms. The van der Waals surface area contributed by atoms with Gasteiger partial charge in [0.2, 0.25) is 12.7 Å². The summed E-state index contributed by atoms with van der Waals surface area (Å²) in [6, 6.07) is 17.5. The Kier molecular flexibility index (Phi) is 10.2. The molecule has 0 atom stereocenters. The number of ether oxygens (including phenoxy) is 3. The van der Waals surface area contributed by atoms with Crippen LogP contribution < -0.4 is 9.47 Å². The number of carbonyl (C=O) groups excluding carboxylic acids is 2. The SMILES string of the molecule is CCCCCc1ccc(C(=O)N(CCOC)CC(=O)N(Cc2ccc3c(c2)OCO3)Cc2cccs2)cc1. The van der Waals surface area contributed by atoms with Gasteiger partial charge in [0.15, 0.2) is 11.5 Å². The number of benzene rings is 2. The minimum absolute atomic E-state index is 0.0314. The largest absolute Gasteiger partial charge is 0.454 e. The van der Waals surface area contributed by atoms with E-state index in [1.165, 1.54) is 18.4 Å². The lowest BCUT2D eigenvalue weighted by atomic mass is 10.0. The van der Waals surface area contributed by atoms with Crippen molar-refractivity contribution in [2.75, 3.05) is 33.6 Å². The number of rotatable bonds is 14. The quantitative estimate of drug-likeness (QED) is 0.254. The third-order valence-electron chi connectivity index (χ3n) is 6.54. The molecule has 1 aliphatic heterocycles. The minimum atomic E-state index is -0.172. The van der Waals surface area contributed by atoms with E-state index in [9.17, 15) is 9.59 Å². The summed E-state index contributed by atoms with van der Waals surface area (Å²) in [7, 11) is 1.60. The minimum Gasteiger partial charge on any atom is -0.454 e. The number of unbranched alkanes of at least 4 members (excludes halogenated alkanes) is 2. The zero-order valence-corrected chi connectivity index (χ0v) is 23.0. The van der Waals surface area contributed by atoms with Gasteiger partial charge in [0, 0.05) is 30.6 Å². The van der Waals surface area contributed by atoms with Gasteiger partial charge in [0.1, 0.15) is 6.54 Å². The molecule has 0 fully saturated rings. The molecule has 0 bridgehead atoms. The molecule has 0 unspecified atom stereocenters. The highest BCUT2D eigenvalue weighted by Crippen LogP contribution is 2.33. The molecule has 2 aromatic carbocycles. The van der Waals surface area contributed by atoms with E-state index in [1.54, 1.807) is 28.2 Å². The van der Waals surface area contributed by atoms with Crippen molar-refractivity contribution in [2.45, 2.75) is 45.7 Å². The number of hydrogen-bond donors (Lipinski definition) is 0. The lowest BCUT2D eigenvalue weighted by molar-refractivity contribution is -0.133. The van der Waals surface area contributed by atoms with Crippen molar-refractivity contribution >= 4 is 23.2 Å². The van der Waals surface area contributed by atoms with Crippen LogP contribution in [0.5, 0.6) is 11.5 Å². The van der Waals surface area contributed by atoms with Crippen molar-refractivity contribution in [1.29, 1.82) is 0 Å². The third kappa shape index (κ3) is 7.58. The maximum absolute atomic E-state index is 13.7. The first-order valence-corrected chi connectivity index (χ1v) is 14.0. The maximum atomic E-state index is 13.7. The number of amides is 2. The van der Waals surface area contributed by atoms with Crippen molar-refractivity contribution in [3.8, 4) is 11.5 Å². The monoisotopic (exact) mass is 536 g/mol. The van der Waals surface area contributed by atoms with Crippen molar-refractivity contribution in [3.05, 3.63) is 81.5 Å². The van der Waals surface area contributed by atoms with E-state index in [1.807, 2.05) is 60.0 Å². The van der Waals surface area contributed by atoms with Gasteiger partial charge in [-0.15, -0.1) is 11.3 Å². The Hall–Kier alpha value is -3.36. The molecule has 0 radical (unpaired) electrons. The lowest BCUT2D eigenvalue weighted by Gasteiger charge is -2.28. The molecule has 0 saturated carbocycles. The Bertz CT molecular complexity index is 1180. The topological polar surface area (TPSA) is 68.3 Å². The van der Waals surface area contributed by atoms with Crippen LogP contribution in [-0.2, 0) is 29.0 Å². The smallest absolute Gasteiger partial charge is 0.254 e. The van der Waals surface area contributed by atoms with E-state index in [2.05, 4.69) is 6.92 Å². The molecule has 0 spiro atoms. The average Bonchev–Trinajstić information content (AvgIpc) is 3.62. The molecule has 1 aromatic heterocycles. The Balaban J connectivity index is 1.48. The summed E-state index contributed by atoms with van der Waals surface area (Å²) >= 11 is 1.60. The molecule has 0 aliphatic carbocycles. The summed E-state index contributed by atoms with van der Waals surface area (Å²) in [6.07, 6.45) is 4.52. The second-order valence-corrected chi connectivity index (χ2v) is 10.4. The fourth-order valence-corrected chi connectivity index (χ4v) is 5.09. The highest BCUT2D eigenvalue weighted by atomic mass is 32.1. The second kappa shape index (κ2) is 14.0. The predicted molar refractivity (Wildman–Crippen MR) is 149 cm³/mol.